The van der Waals surface area contributed by atoms with Crippen LogP contribution in [0.15, 0.2) is 30.3 Å². The van der Waals surface area contributed by atoms with Gasteiger partial charge in [0.25, 0.3) is 0 Å². The minimum Gasteiger partial charge on any atom is -0.362 e. The van der Waals surface area contributed by atoms with E-state index in [0.717, 1.165) is 0 Å². The van der Waals surface area contributed by atoms with Crippen LogP contribution >= 0.6 is 0 Å². The molecule has 0 aromatic heterocycles. The average molecular weight is 152 g/mol. The Morgan fingerprint density at radius 2 is 1.73 bits per heavy atom. The van der Waals surface area contributed by atoms with Crippen LogP contribution in [0.2, 0.25) is 0 Å². The number of benzene rings is 1. The molecule has 2 N–H and O–H groups in total. The molecular weight excluding hydrogens is 144 g/mol. The molecule has 0 radical (unpaired) electrons. The lowest BCUT2D eigenvalue weighted by Crippen LogP contribution is -2.18. The molecule has 1 aromatic carbocycles. The summed E-state index contributed by atoms with van der Waals surface area (Å²) < 4.78 is 0. The summed E-state index contributed by atoms with van der Waals surface area (Å²) in [7, 11) is 0. The van der Waals surface area contributed by atoms with Crippen LogP contribution in [-0.2, 0) is 0 Å². The second kappa shape index (κ2) is 3.27. The predicted octanol–water partition coefficient (Wildman–Crippen LogP) is 0.180. The molecule has 0 unspecified atom stereocenters. The van der Waals surface area contributed by atoms with Gasteiger partial charge in [-0.15, -0.1) is 0 Å². The molecule has 0 aliphatic carbocycles. The molecule has 0 atom stereocenters. The summed E-state index contributed by atoms with van der Waals surface area (Å²) in [6, 6.07) is 8.13. The molecule has 0 saturated carbocycles. The maximum absolute atomic E-state index is 10.8. The second-order valence-electron chi connectivity index (χ2n) is 2.10. The fraction of sp³-hybridized carbons (Fsp3) is 0.125. The number of ketones is 1. The summed E-state index contributed by atoms with van der Waals surface area (Å²) in [4.78, 5) is 10.8. The zero-order valence-corrected chi connectivity index (χ0v) is 5.77. The van der Waals surface area contributed by atoms with Gasteiger partial charge in [-0.3, -0.25) is 4.79 Å². The van der Waals surface area contributed by atoms with Gasteiger partial charge in [0.15, 0.2) is 0 Å². The molecule has 3 heteroatoms. The van der Waals surface area contributed by atoms with Crippen LogP contribution in [0.3, 0.4) is 0 Å². The van der Waals surface area contributed by atoms with Crippen molar-refractivity contribution < 1.29 is 15.0 Å². The minimum atomic E-state index is -1.91. The summed E-state index contributed by atoms with van der Waals surface area (Å²) in [5, 5.41) is 17.0. The maximum Gasteiger partial charge on any atom is 0.218 e. The van der Waals surface area contributed by atoms with E-state index in [4.69, 9.17) is 10.2 Å². The third-order valence-corrected chi connectivity index (χ3v) is 1.29. The highest BCUT2D eigenvalue weighted by molar-refractivity contribution is 5.98. The Morgan fingerprint density at radius 3 is 2.18 bits per heavy atom. The zero-order valence-electron chi connectivity index (χ0n) is 5.77. The molecule has 11 heavy (non-hydrogen) atoms. The lowest BCUT2D eigenvalue weighted by atomic mass is 10.1. The van der Waals surface area contributed by atoms with E-state index < -0.39 is 12.1 Å². The topological polar surface area (TPSA) is 57.5 Å². The first-order chi connectivity index (χ1) is 5.22. The van der Waals surface area contributed by atoms with E-state index in [9.17, 15) is 4.79 Å². The van der Waals surface area contributed by atoms with Gasteiger partial charge in [-0.05, 0) is 0 Å². The van der Waals surface area contributed by atoms with E-state index in [1.807, 2.05) is 0 Å². The monoisotopic (exact) mass is 152 g/mol. The normalized spacial score (nSPS) is 10.1. The van der Waals surface area contributed by atoms with E-state index in [1.54, 1.807) is 18.2 Å². The third kappa shape index (κ3) is 1.86. The summed E-state index contributed by atoms with van der Waals surface area (Å²) >= 11 is 0. The highest BCUT2D eigenvalue weighted by Gasteiger charge is 2.11. The molecule has 3 nitrogen and oxygen atoms in total. The van der Waals surface area contributed by atoms with Gasteiger partial charge in [0.1, 0.15) is 0 Å². The standard InChI is InChI=1S/C8H8O3/c9-7(8(10)11)6-4-2-1-3-5-6/h1-5,8,10-11H. The molecule has 0 spiro atoms. The molecule has 0 fully saturated rings. The van der Waals surface area contributed by atoms with Gasteiger partial charge >= 0.3 is 0 Å². The Bertz CT molecular complexity index is 241. The van der Waals surface area contributed by atoms with Crippen molar-refractivity contribution in [2.45, 2.75) is 6.29 Å². The molecule has 0 aliphatic heterocycles. The van der Waals surface area contributed by atoms with Crippen molar-refractivity contribution in [3.63, 3.8) is 0 Å². The number of Topliss-reactive ketones (excluding diaryl/α,β-unsaturated/α-hetero) is 1. The van der Waals surface area contributed by atoms with Crippen molar-refractivity contribution in [2.24, 2.45) is 0 Å². The summed E-state index contributed by atoms with van der Waals surface area (Å²) in [6.07, 6.45) is -1.91. The highest BCUT2D eigenvalue weighted by atomic mass is 16.5. The first kappa shape index (κ1) is 7.91. The molecular formula is C8H8O3. The van der Waals surface area contributed by atoms with Crippen LogP contribution < -0.4 is 0 Å². The van der Waals surface area contributed by atoms with E-state index in [-0.39, 0.29) is 0 Å². The highest BCUT2D eigenvalue weighted by Crippen LogP contribution is 2.01. The average Bonchev–Trinajstić information content (AvgIpc) is 2.05. The van der Waals surface area contributed by atoms with Crippen LogP contribution in [0, 0.1) is 0 Å². The van der Waals surface area contributed by atoms with E-state index in [1.165, 1.54) is 12.1 Å². The number of aliphatic hydroxyl groups excluding tert-OH is 1. The number of aliphatic hydroxyl groups is 2. The van der Waals surface area contributed by atoms with E-state index >= 15 is 0 Å². The Morgan fingerprint density at radius 1 is 1.18 bits per heavy atom. The molecule has 0 saturated heterocycles. The number of carbonyl (C=O) groups is 1. The molecule has 58 valence electrons. The van der Waals surface area contributed by atoms with Gasteiger partial charge in [-0.2, -0.15) is 0 Å². The minimum absolute atomic E-state index is 0.308. The number of rotatable bonds is 2. The van der Waals surface area contributed by atoms with Gasteiger partial charge < -0.3 is 10.2 Å². The first-order valence-corrected chi connectivity index (χ1v) is 3.17. The smallest absolute Gasteiger partial charge is 0.218 e. The lowest BCUT2D eigenvalue weighted by Gasteiger charge is -2.00. The van der Waals surface area contributed by atoms with Crippen molar-refractivity contribution in [3.8, 4) is 0 Å². The van der Waals surface area contributed by atoms with Crippen LogP contribution in [0.5, 0.6) is 0 Å². The molecule has 1 rings (SSSR count). The van der Waals surface area contributed by atoms with E-state index in [0.29, 0.717) is 5.56 Å². The quantitative estimate of drug-likeness (QED) is 0.469. The van der Waals surface area contributed by atoms with Crippen LogP contribution in [-0.4, -0.2) is 22.3 Å². The van der Waals surface area contributed by atoms with Gasteiger partial charge in [0, 0.05) is 5.56 Å². The van der Waals surface area contributed by atoms with Gasteiger partial charge in [-0.25, -0.2) is 0 Å². The van der Waals surface area contributed by atoms with Gasteiger partial charge in [-0.1, -0.05) is 30.3 Å². The van der Waals surface area contributed by atoms with Crippen LogP contribution in [0.4, 0.5) is 0 Å². The van der Waals surface area contributed by atoms with Crippen molar-refractivity contribution in [1.82, 2.24) is 0 Å². The van der Waals surface area contributed by atoms with Crippen molar-refractivity contribution >= 4 is 5.78 Å². The van der Waals surface area contributed by atoms with Crippen molar-refractivity contribution in [3.05, 3.63) is 35.9 Å². The lowest BCUT2D eigenvalue weighted by molar-refractivity contribution is -0.0195. The predicted molar refractivity (Wildman–Crippen MR) is 39.0 cm³/mol. The van der Waals surface area contributed by atoms with E-state index in [2.05, 4.69) is 0 Å². The summed E-state index contributed by atoms with van der Waals surface area (Å²) in [5.41, 5.74) is 0.308. The molecule has 0 aliphatic rings. The molecule has 0 bridgehead atoms. The van der Waals surface area contributed by atoms with Gasteiger partial charge in [0.2, 0.25) is 12.1 Å². The second-order valence-corrected chi connectivity index (χ2v) is 2.10. The third-order valence-electron chi connectivity index (χ3n) is 1.29. The Kier molecular flexibility index (Phi) is 2.36. The Labute approximate surface area is 63.9 Å². The van der Waals surface area contributed by atoms with Gasteiger partial charge in [0.05, 0.1) is 0 Å². The van der Waals surface area contributed by atoms with Crippen LogP contribution in [0.1, 0.15) is 10.4 Å². The number of hydrogen-bond acceptors (Lipinski definition) is 3. The largest absolute Gasteiger partial charge is 0.362 e. The summed E-state index contributed by atoms with van der Waals surface area (Å²) in [6.45, 7) is 0. The Balaban J connectivity index is 2.86. The van der Waals surface area contributed by atoms with Crippen molar-refractivity contribution in [1.29, 1.82) is 0 Å². The Hall–Kier alpha value is -1.19. The fourth-order valence-corrected chi connectivity index (χ4v) is 0.751. The molecule has 1 aromatic rings. The molecule has 0 heterocycles. The maximum atomic E-state index is 10.8. The zero-order chi connectivity index (χ0) is 8.27. The molecule has 0 amide bonds. The first-order valence-electron chi connectivity index (χ1n) is 3.17. The number of hydrogen-bond donors (Lipinski definition) is 2. The summed E-state index contributed by atoms with van der Waals surface area (Å²) in [5.74, 6) is -0.675. The fourth-order valence-electron chi connectivity index (χ4n) is 0.751. The van der Waals surface area contributed by atoms with Crippen molar-refractivity contribution in [2.75, 3.05) is 0 Å². The number of carbonyl (C=O) groups excluding carboxylic acids is 1. The van der Waals surface area contributed by atoms with Crippen LogP contribution in [0.25, 0.3) is 0 Å². The SMILES string of the molecule is O=C(c1ccccc1)C(O)O.